The van der Waals surface area contributed by atoms with Crippen molar-refractivity contribution in [1.82, 2.24) is 5.32 Å². The molecule has 22 heavy (non-hydrogen) atoms. The fraction of sp³-hybridized carbons (Fsp3) is 0.250. The van der Waals surface area contributed by atoms with Gasteiger partial charge in [0.1, 0.15) is 5.70 Å². The van der Waals surface area contributed by atoms with Gasteiger partial charge in [-0.1, -0.05) is 6.07 Å². The van der Waals surface area contributed by atoms with Crippen LogP contribution in [0.4, 0.5) is 0 Å². The first-order valence-corrected chi connectivity index (χ1v) is 6.95. The molecule has 2 rings (SSSR count). The molecule has 6 heteroatoms. The topological polar surface area (TPSA) is 102 Å². The van der Waals surface area contributed by atoms with Crippen molar-refractivity contribution in [3.63, 3.8) is 0 Å². The number of carboxylic acid groups (broad SMARTS) is 1. The summed E-state index contributed by atoms with van der Waals surface area (Å²) in [6.07, 6.45) is 6.48. The zero-order chi connectivity index (χ0) is 15.9. The average Bonchev–Trinajstić information content (AvgIpc) is 2.50. The second kappa shape index (κ2) is 7.31. The van der Waals surface area contributed by atoms with Crippen LogP contribution in [-0.4, -0.2) is 40.6 Å². The van der Waals surface area contributed by atoms with Crippen LogP contribution in [0.5, 0.6) is 11.5 Å². The Morgan fingerprint density at radius 1 is 1.32 bits per heavy atom. The van der Waals surface area contributed by atoms with Gasteiger partial charge >= 0.3 is 5.97 Å². The molecule has 1 aromatic rings. The molecule has 1 aliphatic heterocycles. The fourth-order valence-corrected chi connectivity index (χ4v) is 2.06. The molecule has 0 saturated heterocycles. The van der Waals surface area contributed by atoms with Gasteiger partial charge in [-0.05, 0) is 48.3 Å². The van der Waals surface area contributed by atoms with E-state index in [4.69, 9.17) is 5.11 Å². The molecule has 0 aliphatic carbocycles. The number of nitrogens with zero attached hydrogens (tertiary/aromatic N) is 1. The van der Waals surface area contributed by atoms with Gasteiger partial charge in [-0.3, -0.25) is 4.99 Å². The van der Waals surface area contributed by atoms with Crippen LogP contribution in [0.15, 0.2) is 46.6 Å². The van der Waals surface area contributed by atoms with Gasteiger partial charge in [0.05, 0.1) is 0 Å². The first kappa shape index (κ1) is 15.6. The summed E-state index contributed by atoms with van der Waals surface area (Å²) >= 11 is 0. The third-order valence-corrected chi connectivity index (χ3v) is 3.25. The Hall–Kier alpha value is -2.76. The van der Waals surface area contributed by atoms with E-state index in [9.17, 15) is 15.0 Å². The Bertz CT molecular complexity index is 648. The van der Waals surface area contributed by atoms with Crippen LogP contribution in [0.3, 0.4) is 0 Å². The summed E-state index contributed by atoms with van der Waals surface area (Å²) in [6, 6.07) is 4.69. The Kier molecular flexibility index (Phi) is 5.19. The number of hydrogen-bond acceptors (Lipinski definition) is 5. The first-order valence-electron chi connectivity index (χ1n) is 6.95. The van der Waals surface area contributed by atoms with Gasteiger partial charge in [0, 0.05) is 19.3 Å². The molecule has 1 aliphatic rings. The maximum atomic E-state index is 10.9. The zero-order valence-corrected chi connectivity index (χ0v) is 12.0. The molecule has 6 nitrogen and oxygen atoms in total. The third kappa shape index (κ3) is 4.37. The molecule has 4 N–H and O–H groups in total. The first-order chi connectivity index (χ1) is 10.6. The highest BCUT2D eigenvalue weighted by molar-refractivity contribution is 5.87. The van der Waals surface area contributed by atoms with Crippen LogP contribution in [0.2, 0.25) is 0 Å². The lowest BCUT2D eigenvalue weighted by molar-refractivity contribution is -0.133. The van der Waals surface area contributed by atoms with E-state index in [1.54, 1.807) is 24.4 Å². The Morgan fingerprint density at radius 3 is 2.86 bits per heavy atom. The molecular weight excluding hydrogens is 284 g/mol. The van der Waals surface area contributed by atoms with Gasteiger partial charge in [-0.15, -0.1) is 0 Å². The van der Waals surface area contributed by atoms with Crippen LogP contribution in [-0.2, 0) is 11.2 Å². The van der Waals surface area contributed by atoms with Gasteiger partial charge in [-0.2, -0.15) is 0 Å². The van der Waals surface area contributed by atoms with Crippen molar-refractivity contribution in [3.05, 3.63) is 47.2 Å². The Balaban J connectivity index is 1.87. The number of aliphatic carboxylic acids is 1. The highest BCUT2D eigenvalue weighted by atomic mass is 16.4. The molecular formula is C16H18N2O4. The number of carboxylic acids is 1. The molecule has 0 amide bonds. The normalized spacial score (nSPS) is 16.5. The maximum Gasteiger partial charge on any atom is 0.351 e. The Labute approximate surface area is 128 Å². The largest absolute Gasteiger partial charge is 0.504 e. The van der Waals surface area contributed by atoms with Gasteiger partial charge in [0.2, 0.25) is 0 Å². The summed E-state index contributed by atoms with van der Waals surface area (Å²) in [4.78, 5) is 15.1. The lowest BCUT2D eigenvalue weighted by Crippen LogP contribution is -2.25. The van der Waals surface area contributed by atoms with Crippen molar-refractivity contribution in [2.75, 3.05) is 13.1 Å². The molecule has 0 atom stereocenters. The zero-order valence-electron chi connectivity index (χ0n) is 12.0. The number of aliphatic imine (C=N–C) groups is 1. The summed E-state index contributed by atoms with van der Waals surface area (Å²) in [5.41, 5.74) is 2.00. The molecule has 1 heterocycles. The predicted molar refractivity (Wildman–Crippen MR) is 83.3 cm³/mol. The van der Waals surface area contributed by atoms with Crippen molar-refractivity contribution in [3.8, 4) is 11.5 Å². The number of aromatic hydroxyl groups is 2. The molecule has 0 saturated carbocycles. The lowest BCUT2D eigenvalue weighted by Gasteiger charge is -2.13. The molecule has 116 valence electrons. The summed E-state index contributed by atoms with van der Waals surface area (Å²) in [6.45, 7) is 1.15. The summed E-state index contributed by atoms with van der Waals surface area (Å²) in [5.74, 6) is -1.23. The van der Waals surface area contributed by atoms with Crippen LogP contribution < -0.4 is 5.32 Å². The highest BCUT2D eigenvalue weighted by Crippen LogP contribution is 2.24. The predicted octanol–water partition coefficient (Wildman–Crippen LogP) is 1.60. The standard InChI is InChI=1S/C16H18N2O4/c19-14-2-1-11(10-15(14)20)3-6-17-7-4-12-5-8-18-13(9-12)16(21)22/h1-2,4,7,9-10,18-20H,3,5-6,8H2,(H,21,22). The number of phenols is 2. The molecule has 1 aromatic carbocycles. The van der Waals surface area contributed by atoms with E-state index in [1.807, 2.05) is 0 Å². The van der Waals surface area contributed by atoms with Gasteiger partial charge < -0.3 is 20.6 Å². The molecule has 0 spiro atoms. The van der Waals surface area contributed by atoms with Crippen LogP contribution >= 0.6 is 0 Å². The monoisotopic (exact) mass is 302 g/mol. The third-order valence-electron chi connectivity index (χ3n) is 3.25. The van der Waals surface area contributed by atoms with Gasteiger partial charge in [0.15, 0.2) is 11.5 Å². The van der Waals surface area contributed by atoms with Crippen molar-refractivity contribution in [1.29, 1.82) is 0 Å². The van der Waals surface area contributed by atoms with Crippen LogP contribution in [0.25, 0.3) is 0 Å². The van der Waals surface area contributed by atoms with E-state index in [1.165, 1.54) is 12.1 Å². The van der Waals surface area contributed by atoms with Crippen LogP contribution in [0, 0.1) is 0 Å². The van der Waals surface area contributed by atoms with E-state index in [0.29, 0.717) is 19.5 Å². The summed E-state index contributed by atoms with van der Waals surface area (Å²) in [7, 11) is 0. The second-order valence-electron chi connectivity index (χ2n) is 4.91. The fourth-order valence-electron chi connectivity index (χ4n) is 2.06. The van der Waals surface area contributed by atoms with Crippen LogP contribution in [0.1, 0.15) is 12.0 Å². The molecule has 0 fully saturated rings. The summed E-state index contributed by atoms with van der Waals surface area (Å²) < 4.78 is 0. The number of nitrogens with one attached hydrogen (secondary N) is 1. The van der Waals surface area contributed by atoms with Crippen molar-refractivity contribution in [2.24, 2.45) is 4.99 Å². The second-order valence-corrected chi connectivity index (χ2v) is 4.91. The summed E-state index contributed by atoms with van der Waals surface area (Å²) in [5, 5.41) is 30.3. The van der Waals surface area contributed by atoms with Gasteiger partial charge in [-0.25, -0.2) is 4.79 Å². The molecule has 0 radical (unpaired) electrons. The number of benzene rings is 1. The number of phenolic OH excluding ortho intramolecular Hbond substituents is 2. The van der Waals surface area contributed by atoms with Crippen molar-refractivity contribution in [2.45, 2.75) is 12.8 Å². The van der Waals surface area contributed by atoms with E-state index < -0.39 is 5.97 Å². The van der Waals surface area contributed by atoms with E-state index in [-0.39, 0.29) is 17.2 Å². The number of allylic oxidation sites excluding steroid dienone is 2. The SMILES string of the molecule is O=C(O)C1=CC(=CC=NCCc2ccc(O)c(O)c2)CCN1. The molecule has 0 aromatic heterocycles. The highest BCUT2D eigenvalue weighted by Gasteiger charge is 2.11. The minimum atomic E-state index is -0.963. The molecule has 0 unspecified atom stereocenters. The Morgan fingerprint density at radius 2 is 2.14 bits per heavy atom. The van der Waals surface area contributed by atoms with Gasteiger partial charge in [0.25, 0.3) is 0 Å². The number of carbonyl (C=O) groups is 1. The van der Waals surface area contributed by atoms with Crippen molar-refractivity contribution < 1.29 is 20.1 Å². The van der Waals surface area contributed by atoms with E-state index in [2.05, 4.69) is 10.3 Å². The van der Waals surface area contributed by atoms with Crippen molar-refractivity contribution >= 4 is 12.2 Å². The average molecular weight is 302 g/mol. The minimum absolute atomic E-state index is 0.135. The lowest BCUT2D eigenvalue weighted by atomic mass is 10.1. The number of hydrogen-bond donors (Lipinski definition) is 4. The molecule has 0 bridgehead atoms. The number of rotatable bonds is 5. The van der Waals surface area contributed by atoms with E-state index >= 15 is 0 Å². The maximum absolute atomic E-state index is 10.9. The van der Waals surface area contributed by atoms with E-state index in [0.717, 1.165) is 17.6 Å². The smallest absolute Gasteiger partial charge is 0.351 e. The minimum Gasteiger partial charge on any atom is -0.504 e. The quantitative estimate of drug-likeness (QED) is 0.489.